The van der Waals surface area contributed by atoms with Gasteiger partial charge < -0.3 is 10.5 Å². The summed E-state index contributed by atoms with van der Waals surface area (Å²) >= 11 is 0. The van der Waals surface area contributed by atoms with Gasteiger partial charge in [0.1, 0.15) is 5.75 Å². The molecule has 2 rings (SSSR count). The van der Waals surface area contributed by atoms with Gasteiger partial charge in [-0.1, -0.05) is 57.2 Å². The zero-order chi connectivity index (χ0) is 16.2. The molecule has 2 aromatic carbocycles. The number of ether oxygens (including phenoxy) is 1. The highest BCUT2D eigenvalue weighted by Gasteiger charge is 2.25. The van der Waals surface area contributed by atoms with Gasteiger partial charge in [0.05, 0.1) is 7.11 Å². The standard InChI is InChI=1S/C20H27NO/c1-15(2)17-7-5-16(6-8-17)13-20(3,14-21)18-9-11-19(22-4)12-10-18/h5-12,15H,13-14,21H2,1-4H3. The molecular weight excluding hydrogens is 270 g/mol. The molecule has 118 valence electrons. The van der Waals surface area contributed by atoms with Crippen LogP contribution in [0.4, 0.5) is 0 Å². The van der Waals surface area contributed by atoms with Gasteiger partial charge in [0.15, 0.2) is 0 Å². The largest absolute Gasteiger partial charge is 0.497 e. The van der Waals surface area contributed by atoms with Crippen molar-refractivity contribution in [2.45, 2.75) is 38.5 Å². The van der Waals surface area contributed by atoms with Crippen molar-refractivity contribution in [2.75, 3.05) is 13.7 Å². The molecule has 0 aliphatic rings. The molecule has 0 aliphatic carbocycles. The van der Waals surface area contributed by atoms with Crippen LogP contribution < -0.4 is 10.5 Å². The van der Waals surface area contributed by atoms with E-state index in [0.29, 0.717) is 12.5 Å². The lowest BCUT2D eigenvalue weighted by Crippen LogP contribution is -2.34. The molecule has 0 fully saturated rings. The highest BCUT2D eigenvalue weighted by Crippen LogP contribution is 2.29. The molecule has 0 radical (unpaired) electrons. The van der Waals surface area contributed by atoms with Crippen LogP contribution in [0, 0.1) is 0 Å². The predicted octanol–water partition coefficient (Wildman–Crippen LogP) is 4.28. The Balaban J connectivity index is 2.21. The minimum absolute atomic E-state index is 0.0639. The van der Waals surface area contributed by atoms with E-state index < -0.39 is 0 Å². The zero-order valence-corrected chi connectivity index (χ0v) is 14.1. The van der Waals surface area contributed by atoms with Crippen LogP contribution in [0.5, 0.6) is 5.75 Å². The summed E-state index contributed by atoms with van der Waals surface area (Å²) < 4.78 is 5.24. The van der Waals surface area contributed by atoms with Crippen LogP contribution in [0.3, 0.4) is 0 Å². The molecule has 0 amide bonds. The zero-order valence-electron chi connectivity index (χ0n) is 14.1. The Labute approximate surface area is 134 Å². The molecule has 0 saturated heterocycles. The van der Waals surface area contributed by atoms with Gasteiger partial charge in [0.25, 0.3) is 0 Å². The molecule has 2 heteroatoms. The van der Waals surface area contributed by atoms with E-state index in [4.69, 9.17) is 10.5 Å². The normalized spacial score (nSPS) is 13.9. The molecule has 2 aromatic rings. The summed E-state index contributed by atoms with van der Waals surface area (Å²) in [5.74, 6) is 1.45. The van der Waals surface area contributed by atoms with Gasteiger partial charge in [-0.25, -0.2) is 0 Å². The third kappa shape index (κ3) is 3.69. The molecule has 0 aromatic heterocycles. The van der Waals surface area contributed by atoms with Crippen molar-refractivity contribution in [1.29, 1.82) is 0 Å². The van der Waals surface area contributed by atoms with Crippen molar-refractivity contribution in [3.63, 3.8) is 0 Å². The molecular formula is C20H27NO. The first kappa shape index (κ1) is 16.6. The first-order valence-corrected chi connectivity index (χ1v) is 7.92. The summed E-state index contributed by atoms with van der Waals surface area (Å²) in [6, 6.07) is 17.2. The highest BCUT2D eigenvalue weighted by molar-refractivity contribution is 5.35. The van der Waals surface area contributed by atoms with E-state index in [0.717, 1.165) is 12.2 Å². The maximum absolute atomic E-state index is 6.10. The number of benzene rings is 2. The Morgan fingerprint density at radius 3 is 2.05 bits per heavy atom. The molecule has 0 bridgehead atoms. The fourth-order valence-corrected chi connectivity index (χ4v) is 2.76. The summed E-state index contributed by atoms with van der Waals surface area (Å²) in [5, 5.41) is 0. The molecule has 0 aliphatic heterocycles. The topological polar surface area (TPSA) is 35.2 Å². The molecule has 0 spiro atoms. The van der Waals surface area contributed by atoms with Gasteiger partial charge in [-0.2, -0.15) is 0 Å². The number of rotatable bonds is 6. The van der Waals surface area contributed by atoms with Crippen LogP contribution in [0.15, 0.2) is 48.5 Å². The van der Waals surface area contributed by atoms with E-state index in [9.17, 15) is 0 Å². The van der Waals surface area contributed by atoms with Crippen LogP contribution >= 0.6 is 0 Å². The Kier molecular flexibility index (Phi) is 5.25. The molecule has 2 nitrogen and oxygen atoms in total. The lowest BCUT2D eigenvalue weighted by Gasteiger charge is -2.29. The second-order valence-electron chi connectivity index (χ2n) is 6.57. The average Bonchev–Trinajstić information content (AvgIpc) is 2.55. The quantitative estimate of drug-likeness (QED) is 0.864. The van der Waals surface area contributed by atoms with Gasteiger partial charge in [0.2, 0.25) is 0 Å². The van der Waals surface area contributed by atoms with Crippen LogP contribution in [-0.4, -0.2) is 13.7 Å². The fraction of sp³-hybridized carbons (Fsp3) is 0.400. The third-order valence-electron chi connectivity index (χ3n) is 4.48. The lowest BCUT2D eigenvalue weighted by atomic mass is 9.77. The van der Waals surface area contributed by atoms with E-state index in [1.807, 2.05) is 12.1 Å². The molecule has 22 heavy (non-hydrogen) atoms. The minimum atomic E-state index is -0.0639. The van der Waals surface area contributed by atoms with Crippen molar-refractivity contribution in [2.24, 2.45) is 5.73 Å². The van der Waals surface area contributed by atoms with Gasteiger partial charge in [0, 0.05) is 12.0 Å². The Bertz CT molecular complexity index is 586. The summed E-state index contributed by atoms with van der Waals surface area (Å²) in [6.45, 7) is 7.28. The average molecular weight is 297 g/mol. The maximum atomic E-state index is 6.10. The molecule has 0 heterocycles. The molecule has 0 saturated carbocycles. The number of hydrogen-bond acceptors (Lipinski definition) is 2. The highest BCUT2D eigenvalue weighted by atomic mass is 16.5. The minimum Gasteiger partial charge on any atom is -0.497 e. The van der Waals surface area contributed by atoms with E-state index in [2.05, 4.69) is 57.2 Å². The predicted molar refractivity (Wildman–Crippen MR) is 93.6 cm³/mol. The second-order valence-corrected chi connectivity index (χ2v) is 6.57. The van der Waals surface area contributed by atoms with Crippen LogP contribution in [0.2, 0.25) is 0 Å². The van der Waals surface area contributed by atoms with Crippen molar-refractivity contribution >= 4 is 0 Å². The lowest BCUT2D eigenvalue weighted by molar-refractivity contribution is 0.413. The van der Waals surface area contributed by atoms with E-state index in [1.165, 1.54) is 16.7 Å². The maximum Gasteiger partial charge on any atom is 0.118 e. The smallest absolute Gasteiger partial charge is 0.118 e. The Morgan fingerprint density at radius 2 is 1.59 bits per heavy atom. The monoisotopic (exact) mass is 297 g/mol. The van der Waals surface area contributed by atoms with Gasteiger partial charge >= 0.3 is 0 Å². The Hall–Kier alpha value is -1.80. The third-order valence-corrected chi connectivity index (χ3v) is 4.48. The van der Waals surface area contributed by atoms with Crippen molar-refractivity contribution in [3.8, 4) is 5.75 Å². The summed E-state index contributed by atoms with van der Waals surface area (Å²) in [6.07, 6.45) is 0.939. The molecule has 2 N–H and O–H groups in total. The van der Waals surface area contributed by atoms with Crippen LogP contribution in [0.25, 0.3) is 0 Å². The fourth-order valence-electron chi connectivity index (χ4n) is 2.76. The van der Waals surface area contributed by atoms with Crippen molar-refractivity contribution < 1.29 is 4.74 Å². The van der Waals surface area contributed by atoms with Gasteiger partial charge in [-0.05, 0) is 41.2 Å². The van der Waals surface area contributed by atoms with Crippen molar-refractivity contribution in [1.82, 2.24) is 0 Å². The summed E-state index contributed by atoms with van der Waals surface area (Å²) in [4.78, 5) is 0. The molecule has 1 atom stereocenters. The summed E-state index contributed by atoms with van der Waals surface area (Å²) in [7, 11) is 1.69. The van der Waals surface area contributed by atoms with E-state index >= 15 is 0 Å². The second kappa shape index (κ2) is 6.97. The van der Waals surface area contributed by atoms with Crippen LogP contribution in [-0.2, 0) is 11.8 Å². The van der Waals surface area contributed by atoms with E-state index in [-0.39, 0.29) is 5.41 Å². The van der Waals surface area contributed by atoms with Gasteiger partial charge in [-0.15, -0.1) is 0 Å². The number of methoxy groups -OCH3 is 1. The summed E-state index contributed by atoms with van der Waals surface area (Å²) in [5.41, 5.74) is 10.00. The number of hydrogen-bond donors (Lipinski definition) is 1. The van der Waals surface area contributed by atoms with Crippen LogP contribution in [0.1, 0.15) is 43.4 Å². The Morgan fingerprint density at radius 1 is 1.00 bits per heavy atom. The molecule has 1 unspecified atom stereocenters. The SMILES string of the molecule is COc1ccc(C(C)(CN)Cc2ccc(C(C)C)cc2)cc1. The first-order chi connectivity index (χ1) is 10.5. The van der Waals surface area contributed by atoms with Crippen molar-refractivity contribution in [3.05, 3.63) is 65.2 Å². The first-order valence-electron chi connectivity index (χ1n) is 7.92. The van der Waals surface area contributed by atoms with Gasteiger partial charge in [-0.3, -0.25) is 0 Å². The number of nitrogens with two attached hydrogens (primary N) is 1. The van der Waals surface area contributed by atoms with E-state index in [1.54, 1.807) is 7.11 Å².